The molecule has 0 fully saturated rings. The summed E-state index contributed by atoms with van der Waals surface area (Å²) < 4.78 is 0. The Hall–Kier alpha value is 0.450. The van der Waals surface area contributed by atoms with E-state index in [2.05, 4.69) is 19.1 Å². The Kier molecular flexibility index (Phi) is 9.06. The van der Waals surface area contributed by atoms with Gasteiger partial charge in [-0.05, 0) is 25.1 Å². The first kappa shape index (κ1) is 14.0. The second-order valence-corrected chi connectivity index (χ2v) is 3.54. The zero-order valence-electron chi connectivity index (χ0n) is 6.11. The van der Waals surface area contributed by atoms with Gasteiger partial charge in [-0.2, -0.15) is 0 Å². The van der Waals surface area contributed by atoms with Crippen LogP contribution in [0, 0.1) is 6.92 Å². The molecule has 1 rings (SSSR count). The Morgan fingerprint density at radius 3 is 2.09 bits per heavy atom. The van der Waals surface area contributed by atoms with Gasteiger partial charge in [0.25, 0.3) is 0 Å². The van der Waals surface area contributed by atoms with Crippen LogP contribution >= 0.6 is 32.2 Å². The van der Waals surface area contributed by atoms with Crippen LogP contribution in [-0.4, -0.2) is 0 Å². The first-order valence-electron chi connectivity index (χ1n) is 2.85. The minimum absolute atomic E-state index is 0. The molecular formula is C7H11Cl2PS. The van der Waals surface area contributed by atoms with E-state index < -0.39 is 0 Å². The second kappa shape index (κ2) is 7.12. The van der Waals surface area contributed by atoms with Crippen LogP contribution in [0.5, 0.6) is 0 Å². The molecule has 0 aromatic heterocycles. The molecule has 64 valence electrons. The fourth-order valence-electron chi connectivity index (χ4n) is 0.719. The highest BCUT2D eigenvalue weighted by Gasteiger charge is 1.87. The fraction of sp³-hybridized carbons (Fsp3) is 0.143. The van der Waals surface area contributed by atoms with E-state index >= 15 is 0 Å². The van der Waals surface area contributed by atoms with Crippen molar-refractivity contribution in [3.05, 3.63) is 29.8 Å². The number of hydrogen-bond acceptors (Lipinski definition) is 1. The summed E-state index contributed by atoms with van der Waals surface area (Å²) in [5, 5.41) is 1.35. The van der Waals surface area contributed by atoms with Crippen LogP contribution < -0.4 is 5.30 Å². The maximum absolute atomic E-state index is 4.99. The van der Waals surface area contributed by atoms with Gasteiger partial charge in [0, 0.05) is 0 Å². The fourth-order valence-corrected chi connectivity index (χ4v) is 1.98. The summed E-state index contributed by atoms with van der Waals surface area (Å²) in [6.07, 6.45) is 0. The average Bonchev–Trinajstić information content (AvgIpc) is 1.89. The Morgan fingerprint density at radius 1 is 1.18 bits per heavy atom. The quantitative estimate of drug-likeness (QED) is 0.666. The molecule has 0 amide bonds. The van der Waals surface area contributed by atoms with E-state index in [1.54, 1.807) is 0 Å². The van der Waals surface area contributed by atoms with Crippen molar-refractivity contribution in [2.24, 2.45) is 0 Å². The minimum atomic E-state index is 0. The number of halogens is 2. The minimum Gasteiger partial charge on any atom is -0.147 e. The Balaban J connectivity index is 0. The zero-order valence-corrected chi connectivity index (χ0v) is 9.72. The zero-order chi connectivity index (χ0) is 6.69. The monoisotopic (exact) mass is 228 g/mol. The van der Waals surface area contributed by atoms with Crippen molar-refractivity contribution in [3.8, 4) is 0 Å². The first-order valence-corrected chi connectivity index (χ1v) is 5.31. The molecule has 0 saturated carbocycles. The maximum Gasteiger partial charge on any atom is -0.0169 e. The molecule has 0 saturated heterocycles. The average molecular weight is 229 g/mol. The summed E-state index contributed by atoms with van der Waals surface area (Å²) in [6, 6.07) is 8.30. The third-order valence-corrected chi connectivity index (χ3v) is 2.98. The van der Waals surface area contributed by atoms with Crippen LogP contribution in [0.1, 0.15) is 5.56 Å². The van der Waals surface area contributed by atoms with E-state index in [0.29, 0.717) is 0 Å². The lowest BCUT2D eigenvalue weighted by Crippen LogP contribution is -1.94. The Labute approximate surface area is 86.1 Å². The third-order valence-electron chi connectivity index (χ3n) is 1.32. The van der Waals surface area contributed by atoms with Crippen LogP contribution in [-0.2, 0) is 11.8 Å². The molecular weight excluding hydrogens is 218 g/mol. The summed E-state index contributed by atoms with van der Waals surface area (Å²) in [5.41, 5.74) is 1.34. The molecule has 11 heavy (non-hydrogen) atoms. The largest absolute Gasteiger partial charge is 0.147 e. The van der Waals surface area contributed by atoms with Gasteiger partial charge in [-0.1, -0.05) is 36.1 Å². The molecule has 0 aliphatic heterocycles. The molecule has 1 atom stereocenters. The van der Waals surface area contributed by atoms with Crippen LogP contribution in [0.15, 0.2) is 24.3 Å². The molecule has 0 aliphatic rings. The van der Waals surface area contributed by atoms with Crippen LogP contribution in [0.25, 0.3) is 0 Å². The SMILES string of the molecule is Cc1ccccc1[PH2]=S.Cl.Cl. The van der Waals surface area contributed by atoms with E-state index in [9.17, 15) is 0 Å². The lowest BCUT2D eigenvalue weighted by Gasteiger charge is -1.94. The van der Waals surface area contributed by atoms with Crippen molar-refractivity contribution in [2.45, 2.75) is 6.92 Å². The number of hydrogen-bond donors (Lipinski definition) is 0. The third kappa shape index (κ3) is 4.12. The summed E-state index contributed by atoms with van der Waals surface area (Å²) in [5.74, 6) is 0. The van der Waals surface area contributed by atoms with Gasteiger partial charge in [-0.15, -0.1) is 24.8 Å². The molecule has 0 heterocycles. The first-order chi connectivity index (χ1) is 4.34. The van der Waals surface area contributed by atoms with Crippen molar-refractivity contribution in [2.75, 3.05) is 0 Å². The number of aryl methyl sites for hydroxylation is 1. The molecule has 0 bridgehead atoms. The number of rotatable bonds is 1. The standard InChI is InChI=1S/C7H9PS.2ClH/c1-6-4-2-3-5-7(6)8-9;;/h2-5H,8H2,1H3;2*1H. The van der Waals surface area contributed by atoms with Gasteiger partial charge < -0.3 is 0 Å². The van der Waals surface area contributed by atoms with Crippen LogP contribution in [0.2, 0.25) is 0 Å². The summed E-state index contributed by atoms with van der Waals surface area (Å²) >= 11 is 4.99. The predicted molar refractivity (Wildman–Crippen MR) is 62.4 cm³/mol. The van der Waals surface area contributed by atoms with Crippen molar-refractivity contribution >= 4 is 49.3 Å². The van der Waals surface area contributed by atoms with Gasteiger partial charge in [0.15, 0.2) is 0 Å². The molecule has 0 radical (unpaired) electrons. The number of benzene rings is 1. The molecule has 0 aliphatic carbocycles. The predicted octanol–water partition coefficient (Wildman–Crippen LogP) is 2.34. The summed E-state index contributed by atoms with van der Waals surface area (Å²) in [7, 11) is 0.0789. The van der Waals surface area contributed by atoms with E-state index in [0.717, 1.165) is 0 Å². The van der Waals surface area contributed by atoms with Gasteiger partial charge in [-0.3, -0.25) is 0 Å². The van der Waals surface area contributed by atoms with Crippen LogP contribution in [0.3, 0.4) is 0 Å². The molecule has 1 aromatic carbocycles. The van der Waals surface area contributed by atoms with Gasteiger partial charge in [0.1, 0.15) is 0 Å². The van der Waals surface area contributed by atoms with E-state index in [1.165, 1.54) is 10.9 Å². The summed E-state index contributed by atoms with van der Waals surface area (Å²) in [4.78, 5) is 0. The highest BCUT2D eigenvalue weighted by Crippen LogP contribution is 2.00. The molecule has 0 N–H and O–H groups in total. The molecule has 4 heteroatoms. The van der Waals surface area contributed by atoms with Crippen molar-refractivity contribution < 1.29 is 0 Å². The van der Waals surface area contributed by atoms with Crippen LogP contribution in [0.4, 0.5) is 0 Å². The normalized spacial score (nSPS) is 8.82. The maximum atomic E-state index is 4.99. The highest BCUT2D eigenvalue weighted by atomic mass is 35.5. The molecule has 0 spiro atoms. The van der Waals surface area contributed by atoms with E-state index in [-0.39, 0.29) is 32.2 Å². The van der Waals surface area contributed by atoms with E-state index in [4.69, 9.17) is 11.8 Å². The lowest BCUT2D eigenvalue weighted by atomic mass is 10.2. The van der Waals surface area contributed by atoms with Gasteiger partial charge in [0.05, 0.1) is 0 Å². The topological polar surface area (TPSA) is 0 Å². The van der Waals surface area contributed by atoms with Gasteiger partial charge in [-0.25, -0.2) is 0 Å². The molecule has 1 aromatic rings. The van der Waals surface area contributed by atoms with E-state index in [1.807, 2.05) is 12.1 Å². The highest BCUT2D eigenvalue weighted by molar-refractivity contribution is 7.99. The summed E-state index contributed by atoms with van der Waals surface area (Å²) in [6.45, 7) is 2.11. The lowest BCUT2D eigenvalue weighted by molar-refractivity contribution is 1.52. The van der Waals surface area contributed by atoms with Crippen molar-refractivity contribution in [1.29, 1.82) is 0 Å². The molecule has 1 unspecified atom stereocenters. The molecule has 0 nitrogen and oxygen atoms in total. The van der Waals surface area contributed by atoms with Gasteiger partial charge in [0.2, 0.25) is 0 Å². The smallest absolute Gasteiger partial charge is 0.0169 e. The van der Waals surface area contributed by atoms with Crippen molar-refractivity contribution in [1.82, 2.24) is 0 Å². The second-order valence-electron chi connectivity index (χ2n) is 1.97. The van der Waals surface area contributed by atoms with Gasteiger partial charge >= 0.3 is 0 Å². The Bertz CT molecular complexity index is 227. The Morgan fingerprint density at radius 2 is 1.73 bits per heavy atom. The van der Waals surface area contributed by atoms with Crippen molar-refractivity contribution in [3.63, 3.8) is 0 Å².